The highest BCUT2D eigenvalue weighted by atomic mass is 35.5. The maximum Gasteiger partial charge on any atom is 0.417 e. The van der Waals surface area contributed by atoms with E-state index in [4.69, 9.17) is 16.3 Å². The third kappa shape index (κ3) is 5.92. The smallest absolute Gasteiger partial charge is 0.417 e. The van der Waals surface area contributed by atoms with Crippen LogP contribution in [0.3, 0.4) is 0 Å². The van der Waals surface area contributed by atoms with Gasteiger partial charge in [-0.05, 0) is 50.2 Å². The van der Waals surface area contributed by atoms with E-state index in [0.29, 0.717) is 18.8 Å². The van der Waals surface area contributed by atoms with Gasteiger partial charge in [0.2, 0.25) is 0 Å². The average Bonchev–Trinajstić information content (AvgIpc) is 2.72. The number of piperazine rings is 1. The Labute approximate surface area is 195 Å². The molecular formula is C22H24ClF3N2O4S. The van der Waals surface area contributed by atoms with Crippen LogP contribution in [0.25, 0.3) is 0 Å². The summed E-state index contributed by atoms with van der Waals surface area (Å²) in [5, 5.41) is -0.372. The Kier molecular flexibility index (Phi) is 7.18. The lowest BCUT2D eigenvalue weighted by Gasteiger charge is -2.36. The molecule has 1 saturated heterocycles. The highest BCUT2D eigenvalue weighted by molar-refractivity contribution is 7.90. The third-order valence-corrected chi connectivity index (χ3v) is 6.60. The molecule has 11 heteroatoms. The van der Waals surface area contributed by atoms with Crippen molar-refractivity contribution in [1.29, 1.82) is 0 Å². The molecule has 0 unspecified atom stereocenters. The van der Waals surface area contributed by atoms with Gasteiger partial charge in [0.25, 0.3) is 5.91 Å². The molecule has 0 aliphatic carbocycles. The number of ether oxygens (including phenoxy) is 1. The van der Waals surface area contributed by atoms with Crippen LogP contribution in [-0.4, -0.2) is 57.8 Å². The van der Waals surface area contributed by atoms with Gasteiger partial charge in [-0.25, -0.2) is 8.42 Å². The summed E-state index contributed by atoms with van der Waals surface area (Å²) < 4.78 is 69.2. The number of sulfone groups is 1. The number of benzene rings is 2. The summed E-state index contributed by atoms with van der Waals surface area (Å²) >= 11 is 5.70. The summed E-state index contributed by atoms with van der Waals surface area (Å²) in [5.41, 5.74) is -0.416. The molecule has 1 aliphatic heterocycles. The molecule has 1 heterocycles. The summed E-state index contributed by atoms with van der Waals surface area (Å²) in [6, 6.07) is 7.88. The van der Waals surface area contributed by atoms with Crippen LogP contribution in [0.2, 0.25) is 5.02 Å². The van der Waals surface area contributed by atoms with E-state index in [9.17, 15) is 26.4 Å². The summed E-state index contributed by atoms with van der Waals surface area (Å²) in [7, 11) is -3.54. The molecule has 6 nitrogen and oxygen atoms in total. The molecule has 3 rings (SSSR count). The van der Waals surface area contributed by atoms with Gasteiger partial charge in [-0.1, -0.05) is 11.6 Å². The van der Waals surface area contributed by atoms with Crippen molar-refractivity contribution in [3.05, 3.63) is 52.5 Å². The number of rotatable bonds is 5. The van der Waals surface area contributed by atoms with Crippen molar-refractivity contribution < 1.29 is 31.1 Å². The SMILES string of the molecule is CC(C)Oc1ccc(S(C)(=O)=O)cc1C(=O)N1CCN(c2ccc(Cl)c(C(F)(F)F)c2)CC1. The number of hydrogen-bond acceptors (Lipinski definition) is 5. The molecular weight excluding hydrogens is 481 g/mol. The van der Waals surface area contributed by atoms with Crippen molar-refractivity contribution in [1.82, 2.24) is 4.90 Å². The van der Waals surface area contributed by atoms with E-state index >= 15 is 0 Å². The van der Waals surface area contributed by atoms with E-state index in [2.05, 4.69) is 0 Å². The van der Waals surface area contributed by atoms with Gasteiger partial charge in [-0.15, -0.1) is 0 Å². The van der Waals surface area contributed by atoms with Crippen LogP contribution in [0, 0.1) is 0 Å². The number of alkyl halides is 3. The lowest BCUT2D eigenvalue weighted by atomic mass is 10.1. The Hall–Kier alpha value is -2.46. The quantitative estimate of drug-likeness (QED) is 0.599. The predicted octanol–water partition coefficient (Wildman–Crippen LogP) is 4.51. The van der Waals surface area contributed by atoms with Gasteiger partial charge in [0, 0.05) is 38.1 Å². The van der Waals surface area contributed by atoms with Crippen LogP contribution >= 0.6 is 11.6 Å². The molecule has 0 saturated carbocycles. The lowest BCUT2D eigenvalue weighted by Crippen LogP contribution is -2.49. The Balaban J connectivity index is 1.81. The maximum atomic E-state index is 13.2. The molecule has 180 valence electrons. The Morgan fingerprint density at radius 1 is 1.06 bits per heavy atom. The molecule has 1 amide bonds. The molecule has 0 N–H and O–H groups in total. The molecule has 0 aromatic heterocycles. The minimum atomic E-state index is -4.57. The van der Waals surface area contributed by atoms with E-state index < -0.39 is 27.5 Å². The Morgan fingerprint density at radius 3 is 2.24 bits per heavy atom. The number of nitrogens with zero attached hydrogens (tertiary/aromatic N) is 2. The van der Waals surface area contributed by atoms with E-state index in [0.717, 1.165) is 12.3 Å². The second kappa shape index (κ2) is 9.42. The fourth-order valence-corrected chi connectivity index (χ4v) is 4.40. The topological polar surface area (TPSA) is 66.9 Å². The molecule has 0 spiro atoms. The van der Waals surface area contributed by atoms with Crippen molar-refractivity contribution >= 4 is 33.0 Å². The van der Waals surface area contributed by atoms with Gasteiger partial charge in [-0.2, -0.15) is 13.2 Å². The molecule has 0 bridgehead atoms. The number of carbonyl (C=O) groups excluding carboxylic acids is 1. The van der Waals surface area contributed by atoms with Crippen LogP contribution < -0.4 is 9.64 Å². The first-order valence-corrected chi connectivity index (χ1v) is 12.5. The van der Waals surface area contributed by atoms with Crippen molar-refractivity contribution in [3.63, 3.8) is 0 Å². The number of halogens is 4. The van der Waals surface area contributed by atoms with Crippen LogP contribution in [0.1, 0.15) is 29.8 Å². The number of hydrogen-bond donors (Lipinski definition) is 0. The van der Waals surface area contributed by atoms with Crippen molar-refractivity contribution in [2.45, 2.75) is 31.0 Å². The first-order chi connectivity index (χ1) is 15.3. The van der Waals surface area contributed by atoms with Gasteiger partial charge < -0.3 is 14.5 Å². The maximum absolute atomic E-state index is 13.2. The van der Waals surface area contributed by atoms with Crippen LogP contribution in [-0.2, 0) is 16.0 Å². The van der Waals surface area contributed by atoms with Gasteiger partial charge >= 0.3 is 6.18 Å². The molecule has 0 radical (unpaired) electrons. The van der Waals surface area contributed by atoms with E-state index in [1.54, 1.807) is 18.7 Å². The monoisotopic (exact) mass is 504 g/mol. The van der Waals surface area contributed by atoms with Crippen LogP contribution in [0.4, 0.5) is 18.9 Å². The zero-order valence-electron chi connectivity index (χ0n) is 18.3. The first kappa shape index (κ1) is 25.2. The summed E-state index contributed by atoms with van der Waals surface area (Å²) in [6.45, 7) is 4.67. The third-order valence-electron chi connectivity index (χ3n) is 5.16. The minimum absolute atomic E-state index is 0.00133. The number of anilines is 1. The van der Waals surface area contributed by atoms with Gasteiger partial charge in [0.05, 0.1) is 27.1 Å². The summed E-state index contributed by atoms with van der Waals surface area (Å²) in [6.07, 6.45) is -3.74. The van der Waals surface area contributed by atoms with Gasteiger partial charge in [0.1, 0.15) is 5.75 Å². The Bertz CT molecular complexity index is 1140. The fourth-order valence-electron chi connectivity index (χ4n) is 3.53. The van der Waals surface area contributed by atoms with Crippen LogP contribution in [0.15, 0.2) is 41.3 Å². The van der Waals surface area contributed by atoms with E-state index in [-0.39, 0.29) is 40.4 Å². The average molecular weight is 505 g/mol. The second-order valence-corrected chi connectivity index (χ2v) is 10.5. The predicted molar refractivity (Wildman–Crippen MR) is 120 cm³/mol. The molecule has 2 aromatic rings. The minimum Gasteiger partial charge on any atom is -0.490 e. The molecule has 0 atom stereocenters. The summed E-state index contributed by atoms with van der Waals surface area (Å²) in [4.78, 5) is 16.5. The number of carbonyl (C=O) groups is 1. The molecule has 2 aromatic carbocycles. The highest BCUT2D eigenvalue weighted by Crippen LogP contribution is 2.37. The lowest BCUT2D eigenvalue weighted by molar-refractivity contribution is -0.137. The second-order valence-electron chi connectivity index (χ2n) is 8.04. The van der Waals surface area contributed by atoms with Crippen molar-refractivity contribution in [3.8, 4) is 5.75 Å². The first-order valence-electron chi connectivity index (χ1n) is 10.2. The largest absolute Gasteiger partial charge is 0.490 e. The molecule has 1 aliphatic rings. The van der Waals surface area contributed by atoms with Crippen LogP contribution in [0.5, 0.6) is 5.75 Å². The van der Waals surface area contributed by atoms with E-state index in [1.165, 1.54) is 35.2 Å². The summed E-state index contributed by atoms with van der Waals surface area (Å²) in [5.74, 6) is -0.125. The van der Waals surface area contributed by atoms with Crippen molar-refractivity contribution in [2.75, 3.05) is 37.3 Å². The standard InChI is InChI=1S/C22H24ClF3N2O4S/c1-14(2)32-20-7-5-16(33(3,30)31)13-17(20)21(29)28-10-8-27(9-11-28)15-4-6-19(23)18(12-15)22(24,25)26/h4-7,12-14H,8-11H2,1-3H3. The zero-order valence-corrected chi connectivity index (χ0v) is 19.9. The van der Waals surface area contributed by atoms with E-state index in [1.807, 2.05) is 0 Å². The van der Waals surface area contributed by atoms with Gasteiger partial charge in [-0.3, -0.25) is 4.79 Å². The van der Waals surface area contributed by atoms with Crippen molar-refractivity contribution in [2.24, 2.45) is 0 Å². The normalized spacial score (nSPS) is 15.2. The molecule has 1 fully saturated rings. The molecule has 33 heavy (non-hydrogen) atoms. The number of amides is 1. The highest BCUT2D eigenvalue weighted by Gasteiger charge is 2.34. The fraction of sp³-hybridized carbons (Fsp3) is 0.409. The van der Waals surface area contributed by atoms with Gasteiger partial charge in [0.15, 0.2) is 9.84 Å². The zero-order chi connectivity index (χ0) is 24.6. The Morgan fingerprint density at radius 2 is 1.70 bits per heavy atom.